The maximum Gasteiger partial charge on any atom is 0.433 e. The van der Waals surface area contributed by atoms with E-state index in [0.717, 1.165) is 9.79 Å². The van der Waals surface area contributed by atoms with E-state index in [1.807, 2.05) is 74.9 Å². The Bertz CT molecular complexity index is 633. The van der Waals surface area contributed by atoms with Gasteiger partial charge in [-0.1, -0.05) is 6.92 Å². The lowest BCUT2D eigenvalue weighted by Gasteiger charge is -2.24. The van der Waals surface area contributed by atoms with E-state index in [2.05, 4.69) is 0 Å². The maximum atomic E-state index is 13.3. The van der Waals surface area contributed by atoms with Crippen molar-refractivity contribution in [1.82, 2.24) is 0 Å². The van der Waals surface area contributed by atoms with Gasteiger partial charge in [0.1, 0.15) is 11.5 Å². The highest BCUT2D eigenvalue weighted by molar-refractivity contribution is 7.98. The summed E-state index contributed by atoms with van der Waals surface area (Å²) in [7, 11) is -3.31. The molecule has 0 aliphatic rings. The number of rotatable bonds is 8. The molecule has 1 atom stereocenters. The lowest BCUT2D eigenvalue weighted by atomic mass is 10.3. The Hall–Kier alpha value is -1.03. The minimum Gasteiger partial charge on any atom is -0.416 e. The van der Waals surface area contributed by atoms with Crippen molar-refractivity contribution in [3.63, 3.8) is 0 Å². The highest BCUT2D eigenvalue weighted by atomic mass is 32.2. The van der Waals surface area contributed by atoms with Crippen LogP contribution in [0.2, 0.25) is 0 Å². The Labute approximate surface area is 153 Å². The molecule has 0 saturated carbocycles. The van der Waals surface area contributed by atoms with E-state index in [4.69, 9.17) is 9.05 Å². The second-order valence-electron chi connectivity index (χ2n) is 5.33. The molecule has 0 aliphatic carbocycles. The summed E-state index contributed by atoms with van der Waals surface area (Å²) >= 11 is 3.31. The number of thioether (sulfide) groups is 2. The Balaban J connectivity index is 2.22. The second kappa shape index (κ2) is 8.89. The van der Waals surface area contributed by atoms with Crippen molar-refractivity contribution in [2.75, 3.05) is 12.5 Å². The molecule has 0 spiro atoms. The van der Waals surface area contributed by atoms with Gasteiger partial charge in [0, 0.05) is 9.79 Å². The first kappa shape index (κ1) is 19.3. The summed E-state index contributed by atoms with van der Waals surface area (Å²) in [5.74, 6) is 1.13. The normalized spacial score (nSPS) is 12.7. The molecule has 2 aromatic rings. The zero-order valence-electron chi connectivity index (χ0n) is 14.4. The van der Waals surface area contributed by atoms with Crippen molar-refractivity contribution < 1.29 is 13.6 Å². The van der Waals surface area contributed by atoms with Crippen LogP contribution in [0.25, 0.3) is 0 Å². The molecule has 130 valence electrons. The highest BCUT2D eigenvalue weighted by Crippen LogP contribution is 2.53. The van der Waals surface area contributed by atoms with E-state index in [1.165, 1.54) is 0 Å². The van der Waals surface area contributed by atoms with Gasteiger partial charge < -0.3 is 9.05 Å². The quantitative estimate of drug-likeness (QED) is 0.381. The van der Waals surface area contributed by atoms with Gasteiger partial charge in [0.05, 0.1) is 5.66 Å². The van der Waals surface area contributed by atoms with Crippen LogP contribution in [0.15, 0.2) is 58.3 Å². The van der Waals surface area contributed by atoms with Crippen LogP contribution in [0.3, 0.4) is 0 Å². The molecule has 0 bridgehead atoms. The summed E-state index contributed by atoms with van der Waals surface area (Å²) in [4.78, 5) is 2.27. The van der Waals surface area contributed by atoms with E-state index in [0.29, 0.717) is 17.9 Å². The Morgan fingerprint density at radius 3 is 1.54 bits per heavy atom. The zero-order valence-corrected chi connectivity index (χ0v) is 16.9. The highest BCUT2D eigenvalue weighted by Gasteiger charge is 2.34. The summed E-state index contributed by atoms with van der Waals surface area (Å²) in [6.45, 7) is 3.88. The Morgan fingerprint density at radius 2 is 1.25 bits per heavy atom. The molecule has 2 rings (SSSR count). The lowest BCUT2D eigenvalue weighted by molar-refractivity contribution is 0.372. The van der Waals surface area contributed by atoms with Crippen LogP contribution < -0.4 is 9.05 Å². The Morgan fingerprint density at radius 1 is 0.875 bits per heavy atom. The minimum absolute atomic E-state index is 0.196. The molecule has 0 amide bonds. The predicted octanol–water partition coefficient (Wildman–Crippen LogP) is 6.58. The van der Waals surface area contributed by atoms with E-state index >= 15 is 0 Å². The third kappa shape index (κ3) is 4.98. The van der Waals surface area contributed by atoms with E-state index in [1.54, 1.807) is 23.5 Å². The molecule has 6 heteroatoms. The second-order valence-corrected chi connectivity index (χ2v) is 9.42. The average Bonchev–Trinajstić information content (AvgIpc) is 2.62. The first-order chi connectivity index (χ1) is 11.5. The fourth-order valence-electron chi connectivity index (χ4n) is 1.99. The van der Waals surface area contributed by atoms with Crippen LogP contribution in [0.1, 0.15) is 20.3 Å². The molecule has 0 heterocycles. The smallest absolute Gasteiger partial charge is 0.416 e. The van der Waals surface area contributed by atoms with Crippen LogP contribution in [0, 0.1) is 0 Å². The van der Waals surface area contributed by atoms with Crippen molar-refractivity contribution in [2.24, 2.45) is 0 Å². The molecule has 0 fully saturated rings. The molecule has 0 aliphatic heterocycles. The van der Waals surface area contributed by atoms with Gasteiger partial charge in [-0.25, -0.2) is 4.57 Å². The fraction of sp³-hybridized carbons (Fsp3) is 0.333. The standard InChI is InChI=1S/C18H23O3PS2/c1-5-14(2)22(19,20-15-6-10-17(23-3)11-7-15)21-16-8-12-18(24-4)13-9-16/h6-14H,5H2,1-4H3. The molecular weight excluding hydrogens is 359 g/mol. The van der Waals surface area contributed by atoms with Gasteiger partial charge in [-0.05, 0) is 74.4 Å². The largest absolute Gasteiger partial charge is 0.433 e. The van der Waals surface area contributed by atoms with Crippen LogP contribution in [-0.2, 0) is 4.57 Å². The lowest BCUT2D eigenvalue weighted by Crippen LogP contribution is -2.13. The van der Waals surface area contributed by atoms with Crippen molar-refractivity contribution in [1.29, 1.82) is 0 Å². The summed E-state index contributed by atoms with van der Waals surface area (Å²) in [6.07, 6.45) is 4.74. The van der Waals surface area contributed by atoms with Gasteiger partial charge in [-0.15, -0.1) is 23.5 Å². The first-order valence-electron chi connectivity index (χ1n) is 7.77. The average molecular weight is 382 g/mol. The monoisotopic (exact) mass is 382 g/mol. The minimum atomic E-state index is -3.31. The molecule has 3 nitrogen and oxygen atoms in total. The van der Waals surface area contributed by atoms with Crippen molar-refractivity contribution in [3.8, 4) is 11.5 Å². The van der Waals surface area contributed by atoms with Crippen molar-refractivity contribution in [3.05, 3.63) is 48.5 Å². The van der Waals surface area contributed by atoms with Gasteiger partial charge in [0.25, 0.3) is 0 Å². The Kier molecular flexibility index (Phi) is 7.15. The topological polar surface area (TPSA) is 35.5 Å². The summed E-state index contributed by atoms with van der Waals surface area (Å²) in [6, 6.07) is 15.1. The van der Waals surface area contributed by atoms with E-state index < -0.39 is 7.60 Å². The summed E-state index contributed by atoms with van der Waals surface area (Å²) in [5, 5.41) is 0. The predicted molar refractivity (Wildman–Crippen MR) is 105 cm³/mol. The van der Waals surface area contributed by atoms with Crippen LogP contribution in [0.5, 0.6) is 11.5 Å². The summed E-state index contributed by atoms with van der Waals surface area (Å²) in [5.41, 5.74) is -0.196. The summed E-state index contributed by atoms with van der Waals surface area (Å²) < 4.78 is 25.0. The third-order valence-electron chi connectivity index (χ3n) is 3.71. The maximum absolute atomic E-state index is 13.3. The van der Waals surface area contributed by atoms with Gasteiger partial charge in [-0.3, -0.25) is 0 Å². The molecule has 0 N–H and O–H groups in total. The SMILES string of the molecule is CCC(C)P(=O)(Oc1ccc(SC)cc1)Oc1ccc(SC)cc1. The number of hydrogen-bond donors (Lipinski definition) is 0. The zero-order chi connectivity index (χ0) is 17.6. The van der Waals surface area contributed by atoms with Crippen molar-refractivity contribution >= 4 is 31.1 Å². The van der Waals surface area contributed by atoms with Gasteiger partial charge >= 0.3 is 7.60 Å². The van der Waals surface area contributed by atoms with Gasteiger partial charge in [0.2, 0.25) is 0 Å². The van der Waals surface area contributed by atoms with Crippen molar-refractivity contribution in [2.45, 2.75) is 35.7 Å². The number of benzene rings is 2. The molecule has 0 saturated heterocycles. The van der Waals surface area contributed by atoms with Crippen LogP contribution in [0.4, 0.5) is 0 Å². The first-order valence-corrected chi connectivity index (χ1v) is 11.8. The van der Waals surface area contributed by atoms with E-state index in [-0.39, 0.29) is 5.66 Å². The van der Waals surface area contributed by atoms with Crippen LogP contribution in [-0.4, -0.2) is 18.2 Å². The molecule has 1 unspecified atom stereocenters. The molecule has 0 radical (unpaired) electrons. The molecule has 24 heavy (non-hydrogen) atoms. The number of hydrogen-bond acceptors (Lipinski definition) is 5. The van der Waals surface area contributed by atoms with Gasteiger partial charge in [0.15, 0.2) is 0 Å². The third-order valence-corrected chi connectivity index (χ3v) is 7.58. The van der Waals surface area contributed by atoms with Gasteiger partial charge in [-0.2, -0.15) is 0 Å². The fourth-order valence-corrected chi connectivity index (χ4v) is 4.48. The molecule has 2 aromatic carbocycles. The van der Waals surface area contributed by atoms with Crippen LogP contribution >= 0.6 is 31.1 Å². The van der Waals surface area contributed by atoms with E-state index in [9.17, 15) is 4.57 Å². The molecule has 0 aromatic heterocycles. The molecular formula is C18H23O3PS2.